The normalized spacial score (nSPS) is 19.2. The number of carbonyl (C=O) groups excluding carboxylic acids is 1. The van der Waals surface area contributed by atoms with E-state index in [2.05, 4.69) is 9.40 Å². The highest BCUT2D eigenvalue weighted by Gasteiger charge is 2.30. The van der Waals surface area contributed by atoms with Crippen LogP contribution in [0, 0.1) is 0 Å². The van der Waals surface area contributed by atoms with Gasteiger partial charge in [0, 0.05) is 5.56 Å². The smallest absolute Gasteiger partial charge is 0.274 e. The molecule has 0 saturated heterocycles. The van der Waals surface area contributed by atoms with Crippen LogP contribution in [-0.4, -0.2) is 28.3 Å². The molecule has 1 fully saturated rings. The Morgan fingerprint density at radius 2 is 1.79 bits per heavy atom. The number of sulfonamides is 1. The van der Waals surface area contributed by atoms with Crippen LogP contribution in [0.15, 0.2) is 64.8 Å². The third kappa shape index (κ3) is 4.15. The van der Waals surface area contributed by atoms with Gasteiger partial charge in [0.15, 0.2) is 0 Å². The van der Waals surface area contributed by atoms with Gasteiger partial charge in [-0.3, -0.25) is 14.3 Å². The summed E-state index contributed by atoms with van der Waals surface area (Å²) in [6.45, 7) is 0. The van der Waals surface area contributed by atoms with Gasteiger partial charge in [0.05, 0.1) is 22.6 Å². The predicted molar refractivity (Wildman–Crippen MR) is 131 cm³/mol. The number of hydrogen-bond acceptors (Lipinski definition) is 5. The molecular formula is C24H25N3O4S2. The first-order valence-electron chi connectivity index (χ1n) is 11.1. The molecule has 1 N–H and O–H groups in total. The maximum atomic E-state index is 13.5. The van der Waals surface area contributed by atoms with E-state index < -0.39 is 20.5 Å². The lowest BCUT2D eigenvalue weighted by Gasteiger charge is -2.26. The number of aromatic nitrogens is 2. The first kappa shape index (κ1) is 22.0. The molecular weight excluding hydrogens is 458 g/mol. The fourth-order valence-corrected chi connectivity index (χ4v) is 7.10. The van der Waals surface area contributed by atoms with Crippen LogP contribution in [0.5, 0.6) is 0 Å². The zero-order valence-corrected chi connectivity index (χ0v) is 19.6. The molecule has 2 heterocycles. The highest BCUT2D eigenvalue weighted by atomic mass is 32.3. The maximum Gasteiger partial charge on any atom is 0.279 e. The number of carbonyl (C=O) groups is 1. The number of benzene rings is 2. The number of nitrogens with zero attached hydrogens (tertiary/aromatic N) is 2. The second-order valence-corrected chi connectivity index (χ2v) is 11.7. The van der Waals surface area contributed by atoms with E-state index in [1.165, 1.54) is 24.2 Å². The fraction of sp³-hybridized carbons (Fsp3) is 0.333. The van der Waals surface area contributed by atoms with Gasteiger partial charge in [0.25, 0.3) is 11.5 Å². The van der Waals surface area contributed by atoms with E-state index in [-0.39, 0.29) is 17.2 Å². The second kappa shape index (κ2) is 8.87. The van der Waals surface area contributed by atoms with Crippen molar-refractivity contribution in [1.82, 2.24) is 14.1 Å². The van der Waals surface area contributed by atoms with Crippen molar-refractivity contribution in [1.29, 1.82) is 0 Å². The Hall–Kier alpha value is -2.78. The maximum absolute atomic E-state index is 13.5. The molecule has 1 aliphatic heterocycles. The summed E-state index contributed by atoms with van der Waals surface area (Å²) in [5, 5.41) is 2.13. The van der Waals surface area contributed by atoms with Crippen LogP contribution in [0.2, 0.25) is 0 Å². The summed E-state index contributed by atoms with van der Waals surface area (Å²) in [5.41, 5.74) is 1.46. The molecule has 1 amide bonds. The van der Waals surface area contributed by atoms with E-state index in [0.29, 0.717) is 11.8 Å². The van der Waals surface area contributed by atoms with Gasteiger partial charge in [-0.2, -0.15) is 0 Å². The molecule has 1 unspecified atom stereocenters. The Kier molecular flexibility index (Phi) is 5.92. The zero-order chi connectivity index (χ0) is 23.0. The lowest BCUT2D eigenvalue weighted by atomic mass is 9.95. The quantitative estimate of drug-likeness (QED) is 0.583. The predicted octanol–water partition coefficient (Wildman–Crippen LogP) is 4.33. The zero-order valence-electron chi connectivity index (χ0n) is 18.0. The van der Waals surface area contributed by atoms with E-state index in [1.807, 2.05) is 30.3 Å². The average molecular weight is 484 g/mol. The van der Waals surface area contributed by atoms with Gasteiger partial charge in [0.2, 0.25) is 10.0 Å². The van der Waals surface area contributed by atoms with Crippen LogP contribution < -0.4 is 10.3 Å². The van der Waals surface area contributed by atoms with Crippen molar-refractivity contribution >= 4 is 38.6 Å². The molecule has 0 radical (unpaired) electrons. The molecule has 33 heavy (non-hydrogen) atoms. The van der Waals surface area contributed by atoms with Crippen molar-refractivity contribution in [3.05, 3.63) is 75.9 Å². The van der Waals surface area contributed by atoms with Gasteiger partial charge < -0.3 is 0 Å². The van der Waals surface area contributed by atoms with Crippen molar-refractivity contribution < 1.29 is 13.2 Å². The highest BCUT2D eigenvalue weighted by molar-refractivity contribution is 8.14. The van der Waals surface area contributed by atoms with E-state index in [0.717, 1.165) is 36.9 Å². The number of allylic oxidation sites excluding steroid dienone is 1. The summed E-state index contributed by atoms with van der Waals surface area (Å²) in [4.78, 5) is 26.3. The standard InChI is InChI=1S/C24H25N3O4S2/c28-23(25-33(30,31)22-12-7-15-32-22)17-13-14-21-20(16-17)24(29)27(19-10-5-2-6-11-19)26(21)18-8-3-1-4-9-18/h2,5-7,10-11,13-16,18,22H,1,3-4,8-9,12H2,(H,25,28). The van der Waals surface area contributed by atoms with Crippen molar-refractivity contribution in [3.63, 3.8) is 0 Å². The number of fused-ring (bicyclic) bond motifs is 1. The molecule has 2 aliphatic rings. The molecule has 0 spiro atoms. The first-order valence-corrected chi connectivity index (χ1v) is 13.6. The monoisotopic (exact) mass is 483 g/mol. The largest absolute Gasteiger partial charge is 0.279 e. The summed E-state index contributed by atoms with van der Waals surface area (Å²) in [6, 6.07) is 14.6. The lowest BCUT2D eigenvalue weighted by molar-refractivity contribution is 0.0981. The molecule has 3 aromatic rings. The van der Waals surface area contributed by atoms with Crippen LogP contribution in [0.3, 0.4) is 0 Å². The minimum atomic E-state index is -3.82. The SMILES string of the molecule is O=C(NS(=O)(=O)C1CC=CS1)c1ccc2c(c1)c(=O)n(-c1ccccc1)n2C1CCCCC1. The number of para-hydroxylation sites is 1. The lowest BCUT2D eigenvalue weighted by Crippen LogP contribution is -2.36. The third-order valence-corrected chi connectivity index (χ3v) is 9.59. The number of thioether (sulfide) groups is 1. The topological polar surface area (TPSA) is 90.2 Å². The van der Waals surface area contributed by atoms with E-state index >= 15 is 0 Å². The number of rotatable bonds is 5. The second-order valence-electron chi connectivity index (χ2n) is 8.47. The Bertz CT molecular complexity index is 1380. The third-order valence-electron chi connectivity index (χ3n) is 6.30. The number of amides is 1. The van der Waals surface area contributed by atoms with Gasteiger partial charge >= 0.3 is 0 Å². The van der Waals surface area contributed by atoms with Crippen LogP contribution in [-0.2, 0) is 10.0 Å². The summed E-state index contributed by atoms with van der Waals surface area (Å²) in [7, 11) is -3.82. The summed E-state index contributed by atoms with van der Waals surface area (Å²) in [5.74, 6) is -0.722. The minimum Gasteiger partial charge on any atom is -0.274 e. The Labute approximate surface area is 196 Å². The van der Waals surface area contributed by atoms with E-state index in [1.54, 1.807) is 28.3 Å². The van der Waals surface area contributed by atoms with Gasteiger partial charge in [-0.1, -0.05) is 43.5 Å². The Morgan fingerprint density at radius 1 is 1.03 bits per heavy atom. The number of hydrogen-bond donors (Lipinski definition) is 1. The molecule has 1 aliphatic carbocycles. The van der Waals surface area contributed by atoms with Gasteiger partial charge in [-0.15, -0.1) is 11.8 Å². The summed E-state index contributed by atoms with van der Waals surface area (Å²) in [6.07, 6.45) is 7.52. The van der Waals surface area contributed by atoms with Gasteiger partial charge in [0.1, 0.15) is 4.58 Å². The van der Waals surface area contributed by atoms with Crippen LogP contribution in [0.1, 0.15) is 54.9 Å². The Morgan fingerprint density at radius 3 is 2.48 bits per heavy atom. The van der Waals surface area contributed by atoms with Gasteiger partial charge in [-0.05, 0) is 55.0 Å². The molecule has 0 bridgehead atoms. The van der Waals surface area contributed by atoms with Crippen molar-refractivity contribution in [2.75, 3.05) is 0 Å². The molecule has 2 aromatic carbocycles. The highest BCUT2D eigenvalue weighted by Crippen LogP contribution is 2.32. The molecule has 1 atom stereocenters. The van der Waals surface area contributed by atoms with E-state index in [4.69, 9.17) is 0 Å². The Balaban J connectivity index is 1.57. The first-order chi connectivity index (χ1) is 16.0. The molecule has 1 saturated carbocycles. The van der Waals surface area contributed by atoms with Gasteiger partial charge in [-0.25, -0.2) is 17.8 Å². The van der Waals surface area contributed by atoms with Crippen molar-refractivity contribution in [2.45, 2.75) is 49.1 Å². The summed E-state index contributed by atoms with van der Waals surface area (Å²) >= 11 is 1.17. The van der Waals surface area contributed by atoms with Crippen LogP contribution >= 0.6 is 11.8 Å². The summed E-state index contributed by atoms with van der Waals surface area (Å²) < 4.78 is 30.3. The van der Waals surface area contributed by atoms with E-state index in [9.17, 15) is 18.0 Å². The molecule has 7 nitrogen and oxygen atoms in total. The average Bonchev–Trinajstić information content (AvgIpc) is 3.47. The molecule has 9 heteroatoms. The van der Waals surface area contributed by atoms with Crippen molar-refractivity contribution in [2.24, 2.45) is 0 Å². The van der Waals surface area contributed by atoms with Crippen LogP contribution in [0.25, 0.3) is 16.6 Å². The van der Waals surface area contributed by atoms with Crippen LogP contribution in [0.4, 0.5) is 0 Å². The molecule has 5 rings (SSSR count). The van der Waals surface area contributed by atoms with Crippen molar-refractivity contribution in [3.8, 4) is 5.69 Å². The molecule has 172 valence electrons. The molecule has 1 aromatic heterocycles. The number of nitrogens with one attached hydrogen (secondary N) is 1. The fourth-order valence-electron chi connectivity index (χ4n) is 4.68. The minimum absolute atomic E-state index is 0.153.